The average molecular weight is 355 g/mol. The summed E-state index contributed by atoms with van der Waals surface area (Å²) in [5.41, 5.74) is 3.91. The number of carbonyl (C=O) groups excluding carboxylic acids is 1. The van der Waals surface area contributed by atoms with Crippen molar-refractivity contribution in [3.8, 4) is 0 Å². The highest BCUT2D eigenvalue weighted by Gasteiger charge is 2.34. The smallest absolute Gasteiger partial charge is 0.393 e. The molecule has 132 valence electrons. The molecule has 0 fully saturated rings. The predicted molar refractivity (Wildman–Crippen MR) is 90.7 cm³/mol. The Bertz CT molecular complexity index is 403. The minimum Gasteiger partial charge on any atom is -0.453 e. The topological polar surface area (TPSA) is 87.9 Å². The zero-order valence-electron chi connectivity index (χ0n) is 14.7. The molecule has 0 heterocycles. The van der Waals surface area contributed by atoms with E-state index in [1.807, 2.05) is 13.8 Å². The van der Waals surface area contributed by atoms with Gasteiger partial charge in [-0.1, -0.05) is 13.3 Å². The normalized spacial score (nSPS) is 16.9. The summed E-state index contributed by atoms with van der Waals surface area (Å²) >= 11 is 0.862. The van der Waals surface area contributed by atoms with Crippen LogP contribution in [0.5, 0.6) is 0 Å². The second-order valence-electron chi connectivity index (χ2n) is 6.76. The number of ether oxygens (including phenoxy) is 1. The fourth-order valence-electron chi connectivity index (χ4n) is 1.42. The first kappa shape index (κ1) is 21.9. The summed E-state index contributed by atoms with van der Waals surface area (Å²) in [6, 6.07) is 0. The quantitative estimate of drug-likeness (QED) is 0.378. The SMILES string of the molecule is CCCC(C)OP(=O)(OC(C)(C)C)SCOC(=O)C(C)(C)N. The van der Waals surface area contributed by atoms with Crippen molar-refractivity contribution in [3.63, 3.8) is 0 Å². The molecule has 0 aromatic rings. The molecule has 6 nitrogen and oxygen atoms in total. The second kappa shape index (κ2) is 8.69. The Balaban J connectivity index is 4.74. The zero-order chi connectivity index (χ0) is 17.6. The van der Waals surface area contributed by atoms with Crippen molar-refractivity contribution in [2.24, 2.45) is 5.73 Å². The number of rotatable bonds is 9. The van der Waals surface area contributed by atoms with Crippen LogP contribution >= 0.6 is 18.2 Å². The first-order valence-corrected chi connectivity index (χ1v) is 10.5. The van der Waals surface area contributed by atoms with Crippen LogP contribution in [0.3, 0.4) is 0 Å². The third kappa shape index (κ3) is 9.85. The lowest BCUT2D eigenvalue weighted by Gasteiger charge is -2.28. The number of carbonyl (C=O) groups is 1. The molecule has 0 aliphatic carbocycles. The second-order valence-corrected chi connectivity index (χ2v) is 10.7. The summed E-state index contributed by atoms with van der Waals surface area (Å²) < 4.78 is 29.0. The number of hydrogen-bond acceptors (Lipinski definition) is 7. The van der Waals surface area contributed by atoms with Crippen LogP contribution in [0, 0.1) is 0 Å². The van der Waals surface area contributed by atoms with Crippen LogP contribution in [0.1, 0.15) is 61.3 Å². The molecule has 2 atom stereocenters. The zero-order valence-corrected chi connectivity index (χ0v) is 16.4. The first-order chi connectivity index (χ1) is 9.79. The van der Waals surface area contributed by atoms with Crippen molar-refractivity contribution < 1.29 is 23.1 Å². The lowest BCUT2D eigenvalue weighted by atomic mass is 10.1. The Labute approximate surface area is 138 Å². The van der Waals surface area contributed by atoms with Crippen LogP contribution in [-0.2, 0) is 23.1 Å². The maximum Gasteiger partial charge on any atom is 0.393 e. The summed E-state index contributed by atoms with van der Waals surface area (Å²) in [7, 11) is 0. The minimum absolute atomic E-state index is 0.133. The Morgan fingerprint density at radius 3 is 2.23 bits per heavy atom. The molecule has 22 heavy (non-hydrogen) atoms. The fraction of sp³-hybridized carbons (Fsp3) is 0.929. The number of esters is 1. The average Bonchev–Trinajstić information content (AvgIpc) is 2.24. The first-order valence-electron chi connectivity index (χ1n) is 7.39. The van der Waals surface area contributed by atoms with Crippen molar-refractivity contribution in [1.29, 1.82) is 0 Å². The summed E-state index contributed by atoms with van der Waals surface area (Å²) in [5.74, 6) is -0.699. The number of hydrogen-bond donors (Lipinski definition) is 1. The van der Waals surface area contributed by atoms with E-state index >= 15 is 0 Å². The van der Waals surface area contributed by atoms with Gasteiger partial charge in [0, 0.05) is 11.4 Å². The van der Waals surface area contributed by atoms with Crippen LogP contribution < -0.4 is 5.73 Å². The van der Waals surface area contributed by atoms with Gasteiger partial charge in [-0.25, -0.2) is 4.57 Å². The van der Waals surface area contributed by atoms with Crippen molar-refractivity contribution in [2.75, 3.05) is 5.94 Å². The molecule has 0 saturated carbocycles. The maximum atomic E-state index is 12.8. The van der Waals surface area contributed by atoms with Crippen molar-refractivity contribution in [3.05, 3.63) is 0 Å². The third-order valence-corrected chi connectivity index (χ3v) is 5.99. The molecule has 0 saturated heterocycles. The van der Waals surface area contributed by atoms with E-state index in [-0.39, 0.29) is 12.0 Å². The molecule has 0 bridgehead atoms. The van der Waals surface area contributed by atoms with E-state index < -0.39 is 23.9 Å². The molecule has 0 aromatic heterocycles. The van der Waals surface area contributed by atoms with Gasteiger partial charge in [-0.05, 0) is 48.0 Å². The molecule has 0 radical (unpaired) electrons. The van der Waals surface area contributed by atoms with Crippen LogP contribution in [-0.4, -0.2) is 29.2 Å². The maximum absolute atomic E-state index is 12.8. The Morgan fingerprint density at radius 2 is 1.82 bits per heavy atom. The van der Waals surface area contributed by atoms with Crippen molar-refractivity contribution >= 4 is 24.1 Å². The molecular weight excluding hydrogens is 325 g/mol. The van der Waals surface area contributed by atoms with Gasteiger partial charge in [-0.3, -0.25) is 13.8 Å². The minimum atomic E-state index is -3.44. The molecule has 0 amide bonds. The lowest BCUT2D eigenvalue weighted by molar-refractivity contribution is -0.146. The van der Waals surface area contributed by atoms with Crippen LogP contribution in [0.4, 0.5) is 0 Å². The molecular formula is C14H30NO5PS. The highest BCUT2D eigenvalue weighted by Crippen LogP contribution is 2.63. The summed E-state index contributed by atoms with van der Waals surface area (Å²) in [5, 5.41) is 0. The van der Waals surface area contributed by atoms with E-state index in [2.05, 4.69) is 0 Å². The highest BCUT2D eigenvalue weighted by molar-refractivity contribution is 8.55. The van der Waals surface area contributed by atoms with E-state index in [0.29, 0.717) is 0 Å². The van der Waals surface area contributed by atoms with E-state index in [1.54, 1.807) is 34.6 Å². The Hall–Kier alpha value is -0.0700. The molecule has 2 N–H and O–H groups in total. The number of nitrogens with two attached hydrogens (primary N) is 1. The van der Waals surface area contributed by atoms with Crippen LogP contribution in [0.25, 0.3) is 0 Å². The fourth-order valence-corrected chi connectivity index (χ4v) is 5.08. The summed E-state index contributed by atoms with van der Waals surface area (Å²) in [6.07, 6.45) is 1.48. The molecule has 8 heteroatoms. The van der Waals surface area contributed by atoms with E-state index in [9.17, 15) is 9.36 Å². The molecule has 0 rings (SSSR count). The molecule has 0 aliphatic heterocycles. The van der Waals surface area contributed by atoms with Gasteiger partial charge in [-0.2, -0.15) is 0 Å². The van der Waals surface area contributed by atoms with Crippen LogP contribution in [0.2, 0.25) is 0 Å². The van der Waals surface area contributed by atoms with E-state index in [1.165, 1.54) is 0 Å². The largest absolute Gasteiger partial charge is 0.453 e. The summed E-state index contributed by atoms with van der Waals surface area (Å²) in [6.45, 7) is 8.91. The van der Waals surface area contributed by atoms with E-state index in [4.69, 9.17) is 19.5 Å². The molecule has 0 spiro atoms. The van der Waals surface area contributed by atoms with Gasteiger partial charge < -0.3 is 10.5 Å². The van der Waals surface area contributed by atoms with Gasteiger partial charge in [-0.15, -0.1) is 0 Å². The van der Waals surface area contributed by atoms with Crippen molar-refractivity contribution in [2.45, 2.75) is 78.6 Å². The lowest BCUT2D eigenvalue weighted by Crippen LogP contribution is -2.42. The highest BCUT2D eigenvalue weighted by atomic mass is 32.7. The van der Waals surface area contributed by atoms with Gasteiger partial charge in [0.1, 0.15) is 11.5 Å². The standard InChI is InChI=1S/C14H30NO5PS/c1-8-9-11(2)19-21(17,20-13(3,4)5)22-10-18-12(16)14(6,7)15/h11H,8-10,15H2,1-7H3. The molecule has 0 aromatic carbocycles. The molecule has 0 aliphatic rings. The van der Waals surface area contributed by atoms with Gasteiger partial charge >= 0.3 is 12.8 Å². The van der Waals surface area contributed by atoms with Gasteiger partial charge in [0.05, 0.1) is 11.7 Å². The predicted octanol–water partition coefficient (Wildman–Crippen LogP) is 4.09. The van der Waals surface area contributed by atoms with E-state index in [0.717, 1.165) is 24.2 Å². The molecule has 2 unspecified atom stereocenters. The van der Waals surface area contributed by atoms with Gasteiger partial charge in [0.2, 0.25) is 0 Å². The van der Waals surface area contributed by atoms with Crippen molar-refractivity contribution in [1.82, 2.24) is 0 Å². The van der Waals surface area contributed by atoms with Gasteiger partial charge in [0.15, 0.2) is 0 Å². The summed E-state index contributed by atoms with van der Waals surface area (Å²) in [4.78, 5) is 11.6. The monoisotopic (exact) mass is 355 g/mol. The Morgan fingerprint density at radius 1 is 1.27 bits per heavy atom. The Kier molecular flexibility index (Phi) is 8.66. The third-order valence-electron chi connectivity index (χ3n) is 2.32. The van der Waals surface area contributed by atoms with Crippen LogP contribution in [0.15, 0.2) is 0 Å². The van der Waals surface area contributed by atoms with Gasteiger partial charge in [0.25, 0.3) is 0 Å².